The monoisotopic (exact) mass is 221 g/mol. The van der Waals surface area contributed by atoms with E-state index in [2.05, 4.69) is 10.6 Å². The zero-order chi connectivity index (χ0) is 12.0. The number of hydrogen-bond donors (Lipinski definition) is 3. The van der Waals surface area contributed by atoms with Crippen molar-refractivity contribution in [2.75, 3.05) is 24.1 Å². The maximum absolute atomic E-state index is 11.2. The molecule has 0 heterocycles. The van der Waals surface area contributed by atoms with Gasteiger partial charge in [0, 0.05) is 19.5 Å². The number of anilines is 2. The number of para-hydroxylation sites is 1. The Morgan fingerprint density at radius 3 is 2.81 bits per heavy atom. The molecule has 4 nitrogen and oxygen atoms in total. The van der Waals surface area contributed by atoms with Crippen LogP contribution in [0, 0.1) is 6.92 Å². The molecule has 0 radical (unpaired) electrons. The molecule has 1 aromatic carbocycles. The predicted octanol–water partition coefficient (Wildman–Crippen LogP) is 1.52. The minimum Gasteiger partial charge on any atom is -0.397 e. The summed E-state index contributed by atoms with van der Waals surface area (Å²) in [7, 11) is 0. The summed E-state index contributed by atoms with van der Waals surface area (Å²) in [5.41, 5.74) is 8.57. The maximum atomic E-state index is 11.2. The van der Waals surface area contributed by atoms with Gasteiger partial charge in [0.25, 0.3) is 0 Å². The lowest BCUT2D eigenvalue weighted by atomic mass is 10.1. The van der Waals surface area contributed by atoms with Crippen LogP contribution in [0.25, 0.3) is 0 Å². The lowest BCUT2D eigenvalue weighted by molar-refractivity contribution is -0.120. The summed E-state index contributed by atoms with van der Waals surface area (Å²) in [6.07, 6.45) is 0.460. The highest BCUT2D eigenvalue weighted by molar-refractivity contribution is 5.77. The second-order valence-corrected chi connectivity index (χ2v) is 3.67. The van der Waals surface area contributed by atoms with Crippen LogP contribution in [0.4, 0.5) is 11.4 Å². The Hall–Kier alpha value is -1.71. The Balaban J connectivity index is 2.46. The fraction of sp³-hybridized carbons (Fsp3) is 0.417. The van der Waals surface area contributed by atoms with Crippen LogP contribution in [0.15, 0.2) is 18.2 Å². The molecule has 0 aliphatic rings. The van der Waals surface area contributed by atoms with Crippen molar-refractivity contribution in [3.63, 3.8) is 0 Å². The summed E-state index contributed by atoms with van der Waals surface area (Å²) in [6.45, 7) is 5.17. The van der Waals surface area contributed by atoms with E-state index in [-0.39, 0.29) is 5.91 Å². The Kier molecular flexibility index (Phi) is 4.64. The van der Waals surface area contributed by atoms with E-state index in [1.54, 1.807) is 0 Å². The van der Waals surface area contributed by atoms with Crippen LogP contribution in [-0.2, 0) is 4.79 Å². The molecule has 1 rings (SSSR count). The van der Waals surface area contributed by atoms with Crippen LogP contribution in [0.5, 0.6) is 0 Å². The van der Waals surface area contributed by atoms with Crippen molar-refractivity contribution in [1.29, 1.82) is 0 Å². The largest absolute Gasteiger partial charge is 0.397 e. The maximum Gasteiger partial charge on any atom is 0.221 e. The highest BCUT2D eigenvalue weighted by Crippen LogP contribution is 2.22. The van der Waals surface area contributed by atoms with E-state index >= 15 is 0 Å². The molecule has 4 N–H and O–H groups in total. The first kappa shape index (κ1) is 12.4. The molecular weight excluding hydrogens is 202 g/mol. The smallest absolute Gasteiger partial charge is 0.221 e. The van der Waals surface area contributed by atoms with Gasteiger partial charge >= 0.3 is 0 Å². The van der Waals surface area contributed by atoms with Gasteiger partial charge in [0.1, 0.15) is 0 Å². The Labute approximate surface area is 96.2 Å². The van der Waals surface area contributed by atoms with Crippen molar-refractivity contribution in [1.82, 2.24) is 5.32 Å². The summed E-state index contributed by atoms with van der Waals surface area (Å²) >= 11 is 0. The minimum absolute atomic E-state index is 0.0576. The second kappa shape index (κ2) is 6.00. The van der Waals surface area contributed by atoms with Gasteiger partial charge in [-0.2, -0.15) is 0 Å². The summed E-state index contributed by atoms with van der Waals surface area (Å²) in [4.78, 5) is 11.2. The van der Waals surface area contributed by atoms with Gasteiger partial charge in [-0.15, -0.1) is 0 Å². The normalized spacial score (nSPS) is 9.88. The first-order chi connectivity index (χ1) is 7.65. The molecule has 16 heavy (non-hydrogen) atoms. The molecule has 0 aliphatic heterocycles. The Bertz CT molecular complexity index is 343. The van der Waals surface area contributed by atoms with Crippen LogP contribution in [0.3, 0.4) is 0 Å². The third kappa shape index (κ3) is 3.46. The van der Waals surface area contributed by atoms with E-state index in [1.165, 1.54) is 0 Å². The second-order valence-electron chi connectivity index (χ2n) is 3.67. The molecule has 0 fully saturated rings. The number of benzene rings is 1. The molecule has 88 valence electrons. The lowest BCUT2D eigenvalue weighted by Gasteiger charge is -2.11. The molecule has 0 bridgehead atoms. The topological polar surface area (TPSA) is 67.2 Å². The molecule has 0 aliphatic carbocycles. The van der Waals surface area contributed by atoms with Crippen molar-refractivity contribution >= 4 is 17.3 Å². The van der Waals surface area contributed by atoms with Gasteiger partial charge < -0.3 is 16.4 Å². The summed E-state index contributed by atoms with van der Waals surface area (Å²) < 4.78 is 0. The molecule has 0 atom stereocenters. The highest BCUT2D eigenvalue weighted by Gasteiger charge is 2.03. The van der Waals surface area contributed by atoms with Gasteiger partial charge in [-0.05, 0) is 25.5 Å². The van der Waals surface area contributed by atoms with Crippen molar-refractivity contribution in [3.8, 4) is 0 Å². The van der Waals surface area contributed by atoms with Gasteiger partial charge in [0.2, 0.25) is 5.91 Å². The number of carbonyl (C=O) groups excluding carboxylic acids is 1. The standard InChI is InChI=1S/C12H19N3O/c1-3-14-11(16)7-8-15-12-9(2)5-4-6-10(12)13/h4-6,15H,3,7-8,13H2,1-2H3,(H,14,16). The first-order valence-corrected chi connectivity index (χ1v) is 5.50. The quantitative estimate of drug-likeness (QED) is 0.660. The lowest BCUT2D eigenvalue weighted by Crippen LogP contribution is -2.24. The van der Waals surface area contributed by atoms with E-state index in [4.69, 9.17) is 5.73 Å². The van der Waals surface area contributed by atoms with E-state index in [0.717, 1.165) is 16.9 Å². The van der Waals surface area contributed by atoms with E-state index < -0.39 is 0 Å². The number of rotatable bonds is 5. The number of amides is 1. The van der Waals surface area contributed by atoms with Gasteiger partial charge in [0.05, 0.1) is 11.4 Å². The Morgan fingerprint density at radius 2 is 2.19 bits per heavy atom. The number of nitrogens with one attached hydrogen (secondary N) is 2. The van der Waals surface area contributed by atoms with E-state index in [9.17, 15) is 4.79 Å². The summed E-state index contributed by atoms with van der Waals surface area (Å²) in [5.74, 6) is 0.0576. The number of hydrogen-bond acceptors (Lipinski definition) is 3. The molecule has 0 saturated carbocycles. The zero-order valence-electron chi connectivity index (χ0n) is 9.84. The van der Waals surface area contributed by atoms with Gasteiger partial charge in [0.15, 0.2) is 0 Å². The Morgan fingerprint density at radius 1 is 1.44 bits per heavy atom. The van der Waals surface area contributed by atoms with Gasteiger partial charge in [-0.25, -0.2) is 0 Å². The molecule has 0 spiro atoms. The third-order valence-electron chi connectivity index (χ3n) is 2.33. The van der Waals surface area contributed by atoms with Gasteiger partial charge in [-0.3, -0.25) is 4.79 Å². The highest BCUT2D eigenvalue weighted by atomic mass is 16.1. The molecule has 4 heteroatoms. The van der Waals surface area contributed by atoms with Crippen LogP contribution in [0.1, 0.15) is 18.9 Å². The summed E-state index contributed by atoms with van der Waals surface area (Å²) in [5, 5.41) is 5.94. The minimum atomic E-state index is 0.0576. The summed E-state index contributed by atoms with van der Waals surface area (Å²) in [6, 6.07) is 5.76. The average molecular weight is 221 g/mol. The third-order valence-corrected chi connectivity index (χ3v) is 2.33. The molecule has 0 saturated heterocycles. The van der Waals surface area contributed by atoms with Crippen LogP contribution in [-0.4, -0.2) is 19.0 Å². The zero-order valence-corrected chi connectivity index (χ0v) is 9.84. The SMILES string of the molecule is CCNC(=O)CCNc1c(C)cccc1N. The van der Waals surface area contributed by atoms with Crippen molar-refractivity contribution in [2.24, 2.45) is 0 Å². The van der Waals surface area contributed by atoms with Crippen molar-refractivity contribution < 1.29 is 4.79 Å². The van der Waals surface area contributed by atoms with E-state index in [1.807, 2.05) is 32.0 Å². The number of nitrogen functional groups attached to an aromatic ring is 1. The average Bonchev–Trinajstić information content (AvgIpc) is 2.23. The molecule has 1 amide bonds. The fourth-order valence-electron chi connectivity index (χ4n) is 1.52. The van der Waals surface area contributed by atoms with Crippen LogP contribution >= 0.6 is 0 Å². The van der Waals surface area contributed by atoms with Crippen LogP contribution < -0.4 is 16.4 Å². The molecule has 0 unspecified atom stereocenters. The number of nitrogens with two attached hydrogens (primary N) is 1. The molecule has 0 aromatic heterocycles. The number of carbonyl (C=O) groups is 1. The van der Waals surface area contributed by atoms with E-state index in [0.29, 0.717) is 19.5 Å². The molecular formula is C12H19N3O. The predicted molar refractivity (Wildman–Crippen MR) is 67.4 cm³/mol. The van der Waals surface area contributed by atoms with Crippen LogP contribution in [0.2, 0.25) is 0 Å². The van der Waals surface area contributed by atoms with Gasteiger partial charge in [-0.1, -0.05) is 12.1 Å². The van der Waals surface area contributed by atoms with Crippen molar-refractivity contribution in [2.45, 2.75) is 20.3 Å². The van der Waals surface area contributed by atoms with Crippen molar-refractivity contribution in [3.05, 3.63) is 23.8 Å². The first-order valence-electron chi connectivity index (χ1n) is 5.50. The number of aryl methyl sites for hydroxylation is 1. The fourth-order valence-corrected chi connectivity index (χ4v) is 1.52. The molecule has 1 aromatic rings.